The van der Waals surface area contributed by atoms with Crippen LogP contribution < -0.4 is 5.32 Å². The molecule has 0 aromatic heterocycles. The Hall–Kier alpha value is -1.76. The number of hydrogen-bond acceptors (Lipinski definition) is 3. The zero-order valence-electron chi connectivity index (χ0n) is 13.7. The average Bonchev–Trinajstić information content (AvgIpc) is 2.55. The number of unbranched alkanes of at least 4 members (excludes halogenated alkanes) is 1. The van der Waals surface area contributed by atoms with Crippen molar-refractivity contribution in [3.8, 4) is 0 Å². The molecule has 1 aliphatic heterocycles. The van der Waals surface area contributed by atoms with Gasteiger partial charge in [-0.15, -0.1) is 0 Å². The van der Waals surface area contributed by atoms with Gasteiger partial charge in [0.05, 0.1) is 5.56 Å². The molecule has 0 bridgehead atoms. The molecule has 0 unspecified atom stereocenters. The maximum Gasteiger partial charge on any atom is 0.417 e. The van der Waals surface area contributed by atoms with E-state index in [1.165, 1.54) is 4.90 Å². The Kier molecular flexibility index (Phi) is 5.74. The second kappa shape index (κ2) is 7.42. The van der Waals surface area contributed by atoms with E-state index < -0.39 is 24.6 Å². The Balaban J connectivity index is 2.06. The van der Waals surface area contributed by atoms with Crippen LogP contribution in [0, 0.1) is 0 Å². The molecule has 1 amide bonds. The molecule has 1 heterocycles. The number of aliphatic hydroxyl groups is 1. The van der Waals surface area contributed by atoms with Gasteiger partial charge in [0.1, 0.15) is 0 Å². The zero-order valence-corrected chi connectivity index (χ0v) is 13.7. The lowest BCUT2D eigenvalue weighted by atomic mass is 9.90. The number of carbonyl (C=O) groups excluding carboxylic acids is 1. The van der Waals surface area contributed by atoms with E-state index in [2.05, 4.69) is 12.2 Å². The molecule has 1 aromatic carbocycles. The number of carbonyl (C=O) groups is 1. The molecular weight excluding hydrogens is 321 g/mol. The van der Waals surface area contributed by atoms with Crippen molar-refractivity contribution in [2.45, 2.75) is 44.4 Å². The van der Waals surface area contributed by atoms with Gasteiger partial charge in [-0.3, -0.25) is 4.79 Å². The fraction of sp³-hybridized carbons (Fsp3) is 0.588. The van der Waals surface area contributed by atoms with Crippen molar-refractivity contribution < 1.29 is 23.1 Å². The minimum absolute atomic E-state index is 0.113. The topological polar surface area (TPSA) is 52.6 Å². The molecule has 7 heteroatoms. The van der Waals surface area contributed by atoms with E-state index in [0.717, 1.165) is 19.4 Å². The van der Waals surface area contributed by atoms with Gasteiger partial charge >= 0.3 is 6.18 Å². The van der Waals surface area contributed by atoms with Gasteiger partial charge in [-0.25, -0.2) is 0 Å². The lowest BCUT2D eigenvalue weighted by Crippen LogP contribution is -2.54. The van der Waals surface area contributed by atoms with E-state index >= 15 is 0 Å². The van der Waals surface area contributed by atoms with Gasteiger partial charge in [0.15, 0.2) is 5.60 Å². The van der Waals surface area contributed by atoms with Gasteiger partial charge in [0, 0.05) is 38.2 Å². The van der Waals surface area contributed by atoms with E-state index in [1.54, 1.807) is 18.2 Å². The number of alkyl halides is 3. The van der Waals surface area contributed by atoms with Crippen molar-refractivity contribution in [2.75, 3.05) is 25.0 Å². The normalized spacial score (nSPS) is 17.6. The minimum atomic E-state index is -4.66. The third kappa shape index (κ3) is 4.01. The third-order valence-corrected chi connectivity index (χ3v) is 4.41. The molecule has 2 N–H and O–H groups in total. The predicted octanol–water partition coefficient (Wildman–Crippen LogP) is 3.43. The molecule has 0 spiro atoms. The van der Waals surface area contributed by atoms with Crippen molar-refractivity contribution in [2.24, 2.45) is 0 Å². The standard InChI is InChI=1S/C17H23F3N2O2/c1-2-3-10-21-14-7-5-4-6-13(14)15(23)22-11-8-16(24,9-12-22)17(18,19)20/h4-7,21,24H,2-3,8-12H2,1H3. The molecule has 24 heavy (non-hydrogen) atoms. The summed E-state index contributed by atoms with van der Waals surface area (Å²) in [6.07, 6.45) is -3.67. The summed E-state index contributed by atoms with van der Waals surface area (Å²) in [5.41, 5.74) is -1.55. The van der Waals surface area contributed by atoms with Gasteiger partial charge in [0.25, 0.3) is 5.91 Å². The molecule has 1 aliphatic rings. The zero-order chi connectivity index (χ0) is 17.8. The number of piperidine rings is 1. The van der Waals surface area contributed by atoms with E-state index in [0.29, 0.717) is 11.3 Å². The van der Waals surface area contributed by atoms with Crippen molar-refractivity contribution >= 4 is 11.6 Å². The maximum absolute atomic E-state index is 12.9. The highest BCUT2D eigenvalue weighted by Gasteiger charge is 2.54. The quantitative estimate of drug-likeness (QED) is 0.805. The number of nitrogens with zero attached hydrogens (tertiary/aromatic N) is 1. The largest absolute Gasteiger partial charge is 0.417 e. The molecular formula is C17H23F3N2O2. The van der Waals surface area contributed by atoms with E-state index in [4.69, 9.17) is 0 Å². The molecule has 4 nitrogen and oxygen atoms in total. The van der Waals surface area contributed by atoms with Crippen LogP contribution in [0.15, 0.2) is 24.3 Å². The van der Waals surface area contributed by atoms with Gasteiger partial charge in [-0.05, 0) is 18.6 Å². The highest BCUT2D eigenvalue weighted by atomic mass is 19.4. The predicted molar refractivity (Wildman–Crippen MR) is 86.0 cm³/mol. The molecule has 0 atom stereocenters. The van der Waals surface area contributed by atoms with Crippen LogP contribution in [0.2, 0.25) is 0 Å². The first kappa shape index (κ1) is 18.6. The molecule has 134 valence electrons. The number of nitrogens with one attached hydrogen (secondary N) is 1. The number of para-hydroxylation sites is 1. The van der Waals surface area contributed by atoms with Gasteiger partial charge in [-0.2, -0.15) is 13.2 Å². The van der Waals surface area contributed by atoms with E-state index in [9.17, 15) is 23.1 Å². The van der Waals surface area contributed by atoms with Gasteiger partial charge in [0.2, 0.25) is 0 Å². The Morgan fingerprint density at radius 1 is 1.29 bits per heavy atom. The summed E-state index contributed by atoms with van der Waals surface area (Å²) in [4.78, 5) is 14.0. The van der Waals surface area contributed by atoms with Crippen molar-refractivity contribution in [1.29, 1.82) is 0 Å². The number of anilines is 1. The van der Waals surface area contributed by atoms with Gasteiger partial charge in [-0.1, -0.05) is 25.5 Å². The summed E-state index contributed by atoms with van der Waals surface area (Å²) in [6.45, 7) is 2.57. The summed E-state index contributed by atoms with van der Waals surface area (Å²) in [6, 6.07) is 7.00. The number of hydrogen-bond donors (Lipinski definition) is 2. The molecule has 1 fully saturated rings. The van der Waals surface area contributed by atoms with Crippen LogP contribution >= 0.6 is 0 Å². The number of rotatable bonds is 5. The van der Waals surface area contributed by atoms with Crippen LogP contribution in [0.1, 0.15) is 43.0 Å². The maximum atomic E-state index is 12.9. The molecule has 0 radical (unpaired) electrons. The molecule has 0 saturated carbocycles. The first-order valence-electron chi connectivity index (χ1n) is 8.20. The molecule has 2 rings (SSSR count). The SMILES string of the molecule is CCCCNc1ccccc1C(=O)N1CCC(O)(C(F)(F)F)CC1. The van der Waals surface area contributed by atoms with Crippen LogP contribution in [0.25, 0.3) is 0 Å². The summed E-state index contributed by atoms with van der Waals surface area (Å²) in [5, 5.41) is 12.9. The first-order chi connectivity index (χ1) is 11.3. The number of likely N-dealkylation sites (tertiary alicyclic amines) is 1. The minimum Gasteiger partial charge on any atom is -0.384 e. The van der Waals surface area contributed by atoms with Crippen LogP contribution in [0.5, 0.6) is 0 Å². The Labute approximate surface area is 139 Å². The van der Waals surface area contributed by atoms with Gasteiger partial charge < -0.3 is 15.3 Å². The Morgan fingerprint density at radius 2 is 1.92 bits per heavy atom. The van der Waals surface area contributed by atoms with Crippen LogP contribution in [-0.2, 0) is 0 Å². The van der Waals surface area contributed by atoms with E-state index in [-0.39, 0.29) is 19.0 Å². The number of amides is 1. The molecule has 0 aliphatic carbocycles. The van der Waals surface area contributed by atoms with E-state index in [1.807, 2.05) is 6.07 Å². The van der Waals surface area contributed by atoms with Crippen molar-refractivity contribution in [1.82, 2.24) is 4.90 Å². The Bertz CT molecular complexity index is 567. The fourth-order valence-electron chi connectivity index (χ4n) is 2.76. The fourth-order valence-corrected chi connectivity index (χ4v) is 2.76. The highest BCUT2D eigenvalue weighted by Crippen LogP contribution is 2.38. The van der Waals surface area contributed by atoms with Crippen molar-refractivity contribution in [3.05, 3.63) is 29.8 Å². The summed E-state index contributed by atoms with van der Waals surface area (Å²) >= 11 is 0. The van der Waals surface area contributed by atoms with Crippen molar-refractivity contribution in [3.63, 3.8) is 0 Å². The lowest BCUT2D eigenvalue weighted by Gasteiger charge is -2.39. The molecule has 1 saturated heterocycles. The van der Waals surface area contributed by atoms with Crippen LogP contribution in [0.4, 0.5) is 18.9 Å². The highest BCUT2D eigenvalue weighted by molar-refractivity contribution is 5.99. The summed E-state index contributed by atoms with van der Waals surface area (Å²) < 4.78 is 38.6. The smallest absolute Gasteiger partial charge is 0.384 e. The van der Waals surface area contributed by atoms with Crippen LogP contribution in [0.3, 0.4) is 0 Å². The number of halogens is 3. The first-order valence-corrected chi connectivity index (χ1v) is 8.20. The number of benzene rings is 1. The lowest BCUT2D eigenvalue weighted by molar-refractivity contribution is -0.271. The summed E-state index contributed by atoms with van der Waals surface area (Å²) in [7, 11) is 0. The Morgan fingerprint density at radius 3 is 2.50 bits per heavy atom. The average molecular weight is 344 g/mol. The summed E-state index contributed by atoms with van der Waals surface area (Å²) in [5.74, 6) is -0.307. The second-order valence-corrected chi connectivity index (χ2v) is 6.15. The third-order valence-electron chi connectivity index (χ3n) is 4.41. The van der Waals surface area contributed by atoms with Crippen LogP contribution in [-0.4, -0.2) is 47.3 Å². The monoisotopic (exact) mass is 344 g/mol. The second-order valence-electron chi connectivity index (χ2n) is 6.15. The molecule has 1 aromatic rings.